The van der Waals surface area contributed by atoms with Crippen LogP contribution in [0.2, 0.25) is 0 Å². The lowest BCUT2D eigenvalue weighted by molar-refractivity contribution is -0.0958. The largest absolute Gasteiger partial charge is 0.490 e. The van der Waals surface area contributed by atoms with E-state index >= 15 is 0 Å². The van der Waals surface area contributed by atoms with E-state index in [1.54, 1.807) is 12.1 Å². The summed E-state index contributed by atoms with van der Waals surface area (Å²) in [5.74, 6) is 1.79. The van der Waals surface area contributed by atoms with Crippen molar-refractivity contribution in [2.45, 2.75) is 31.0 Å². The lowest BCUT2D eigenvalue weighted by atomic mass is 9.91. The van der Waals surface area contributed by atoms with Gasteiger partial charge in [-0.15, -0.1) is 0 Å². The maximum atomic E-state index is 11.0. The third-order valence-electron chi connectivity index (χ3n) is 4.07. The molecule has 1 aromatic carbocycles. The highest BCUT2D eigenvalue weighted by Gasteiger charge is 2.41. The molecule has 5 nitrogen and oxygen atoms in total. The molecule has 0 amide bonds. The fourth-order valence-electron chi connectivity index (χ4n) is 2.95. The second-order valence-electron chi connectivity index (χ2n) is 5.62. The first-order valence-electron chi connectivity index (χ1n) is 7.09. The first-order valence-corrected chi connectivity index (χ1v) is 8.25. The van der Waals surface area contributed by atoms with E-state index in [1.165, 1.54) is 6.07 Å². The van der Waals surface area contributed by atoms with E-state index in [1.807, 2.05) is 11.8 Å². The average Bonchev–Trinajstić information content (AvgIpc) is 2.86. The number of nitrogens with two attached hydrogens (primary N) is 1. The first-order chi connectivity index (χ1) is 10.1. The van der Waals surface area contributed by atoms with Gasteiger partial charge in [0.05, 0.1) is 17.8 Å². The number of nitrogen functional groups attached to an aromatic ring is 1. The number of benzene rings is 1. The van der Waals surface area contributed by atoms with Gasteiger partial charge in [0.25, 0.3) is 0 Å². The van der Waals surface area contributed by atoms with Gasteiger partial charge in [0, 0.05) is 30.3 Å². The van der Waals surface area contributed by atoms with Gasteiger partial charge in [-0.1, -0.05) is 0 Å². The summed E-state index contributed by atoms with van der Waals surface area (Å²) in [7, 11) is 0. The van der Waals surface area contributed by atoms with Gasteiger partial charge < -0.3 is 20.3 Å². The molecule has 114 valence electrons. The SMILES string of the molecule is Nc1cc(OC2CCOC3(CCSC3)C2)ccc1C(=O)O. The third kappa shape index (κ3) is 3.11. The summed E-state index contributed by atoms with van der Waals surface area (Å²) >= 11 is 1.93. The molecule has 2 atom stereocenters. The van der Waals surface area contributed by atoms with Crippen LogP contribution in [0.3, 0.4) is 0 Å². The highest BCUT2D eigenvalue weighted by atomic mass is 32.2. The Balaban J connectivity index is 1.68. The zero-order valence-electron chi connectivity index (χ0n) is 11.7. The molecule has 3 rings (SSSR count). The molecule has 21 heavy (non-hydrogen) atoms. The van der Waals surface area contributed by atoms with E-state index in [-0.39, 0.29) is 23.0 Å². The molecule has 2 aliphatic rings. The number of hydrogen-bond donors (Lipinski definition) is 2. The van der Waals surface area contributed by atoms with E-state index < -0.39 is 5.97 Å². The van der Waals surface area contributed by atoms with Crippen molar-refractivity contribution < 1.29 is 19.4 Å². The average molecular weight is 309 g/mol. The maximum absolute atomic E-state index is 11.0. The highest BCUT2D eigenvalue weighted by Crippen LogP contribution is 2.39. The number of carboxylic acids is 1. The van der Waals surface area contributed by atoms with Crippen molar-refractivity contribution in [2.75, 3.05) is 23.8 Å². The van der Waals surface area contributed by atoms with E-state index in [2.05, 4.69) is 0 Å². The van der Waals surface area contributed by atoms with Crippen molar-refractivity contribution in [2.24, 2.45) is 0 Å². The van der Waals surface area contributed by atoms with Crippen LogP contribution in [0.15, 0.2) is 18.2 Å². The number of carboxylic acid groups (broad SMARTS) is 1. The van der Waals surface area contributed by atoms with E-state index in [4.69, 9.17) is 20.3 Å². The zero-order valence-corrected chi connectivity index (χ0v) is 12.5. The Morgan fingerprint density at radius 1 is 1.52 bits per heavy atom. The van der Waals surface area contributed by atoms with Gasteiger partial charge in [-0.05, 0) is 24.3 Å². The van der Waals surface area contributed by atoms with Gasteiger partial charge in [-0.2, -0.15) is 11.8 Å². The van der Waals surface area contributed by atoms with Crippen LogP contribution in [-0.2, 0) is 4.74 Å². The summed E-state index contributed by atoms with van der Waals surface area (Å²) in [5.41, 5.74) is 6.07. The lowest BCUT2D eigenvalue weighted by Crippen LogP contribution is -2.43. The van der Waals surface area contributed by atoms with E-state index in [9.17, 15) is 4.79 Å². The molecule has 2 heterocycles. The van der Waals surface area contributed by atoms with E-state index in [0.717, 1.165) is 30.8 Å². The quantitative estimate of drug-likeness (QED) is 0.834. The summed E-state index contributed by atoms with van der Waals surface area (Å²) in [6.07, 6.45) is 2.93. The van der Waals surface area contributed by atoms with Gasteiger partial charge in [0.2, 0.25) is 0 Å². The Labute approximate surface area is 127 Å². The second kappa shape index (κ2) is 5.77. The third-order valence-corrected chi connectivity index (χ3v) is 5.29. The van der Waals surface area contributed by atoms with Crippen molar-refractivity contribution in [3.8, 4) is 5.75 Å². The van der Waals surface area contributed by atoms with Crippen molar-refractivity contribution in [3.63, 3.8) is 0 Å². The van der Waals surface area contributed by atoms with Gasteiger partial charge in [0.15, 0.2) is 0 Å². The smallest absolute Gasteiger partial charge is 0.337 e. The minimum absolute atomic E-state index is 0.0276. The summed E-state index contributed by atoms with van der Waals surface area (Å²) in [6.45, 7) is 0.716. The molecule has 1 spiro atoms. The number of aromatic carboxylic acids is 1. The Bertz CT molecular complexity index is 542. The van der Waals surface area contributed by atoms with Crippen LogP contribution in [0.5, 0.6) is 5.75 Å². The molecule has 1 aromatic rings. The molecule has 2 saturated heterocycles. The predicted octanol–water partition coefficient (Wildman–Crippen LogP) is 2.40. The molecule has 3 N–H and O–H groups in total. The van der Waals surface area contributed by atoms with Gasteiger partial charge in [-0.25, -0.2) is 4.79 Å². The van der Waals surface area contributed by atoms with Gasteiger partial charge in [0.1, 0.15) is 11.9 Å². The van der Waals surface area contributed by atoms with E-state index in [0.29, 0.717) is 12.4 Å². The van der Waals surface area contributed by atoms with Crippen LogP contribution >= 0.6 is 11.8 Å². The number of ether oxygens (including phenoxy) is 2. The molecular formula is C15H19NO4S. The molecule has 2 fully saturated rings. The van der Waals surface area contributed by atoms with Crippen molar-refractivity contribution in [1.82, 2.24) is 0 Å². The standard InChI is InChI=1S/C15H19NO4S/c16-13-7-10(1-2-12(13)14(17)18)20-11-3-5-19-15(8-11)4-6-21-9-15/h1-2,7,11H,3-6,8-9,16H2,(H,17,18). The Hall–Kier alpha value is -1.40. The Morgan fingerprint density at radius 3 is 3.05 bits per heavy atom. The molecule has 2 aliphatic heterocycles. The van der Waals surface area contributed by atoms with Crippen LogP contribution < -0.4 is 10.5 Å². The Morgan fingerprint density at radius 2 is 2.38 bits per heavy atom. The van der Waals surface area contributed by atoms with Crippen molar-refractivity contribution >= 4 is 23.4 Å². The number of hydrogen-bond acceptors (Lipinski definition) is 5. The van der Waals surface area contributed by atoms with Gasteiger partial charge in [-0.3, -0.25) is 0 Å². The Kier molecular flexibility index (Phi) is 3.99. The highest BCUT2D eigenvalue weighted by molar-refractivity contribution is 7.99. The molecule has 0 radical (unpaired) electrons. The zero-order chi connectivity index (χ0) is 14.9. The van der Waals surface area contributed by atoms with Crippen molar-refractivity contribution in [1.29, 1.82) is 0 Å². The molecule has 0 aromatic heterocycles. The second-order valence-corrected chi connectivity index (χ2v) is 6.73. The van der Waals surface area contributed by atoms with Crippen LogP contribution in [0.1, 0.15) is 29.6 Å². The van der Waals surface area contributed by atoms with Crippen LogP contribution in [-0.4, -0.2) is 40.9 Å². The normalized spacial score (nSPS) is 28.7. The molecule has 2 unspecified atom stereocenters. The number of anilines is 1. The lowest BCUT2D eigenvalue weighted by Gasteiger charge is -2.37. The summed E-state index contributed by atoms with van der Waals surface area (Å²) in [4.78, 5) is 11.0. The summed E-state index contributed by atoms with van der Waals surface area (Å²) in [5, 5.41) is 8.98. The topological polar surface area (TPSA) is 81.8 Å². The molecule has 0 bridgehead atoms. The van der Waals surface area contributed by atoms with Crippen LogP contribution in [0.25, 0.3) is 0 Å². The molecule has 0 saturated carbocycles. The fraction of sp³-hybridized carbons (Fsp3) is 0.533. The number of carbonyl (C=O) groups is 1. The molecule has 6 heteroatoms. The number of rotatable bonds is 3. The monoisotopic (exact) mass is 309 g/mol. The van der Waals surface area contributed by atoms with Gasteiger partial charge >= 0.3 is 5.97 Å². The minimum atomic E-state index is -1.02. The van der Waals surface area contributed by atoms with Crippen LogP contribution in [0.4, 0.5) is 5.69 Å². The predicted molar refractivity (Wildman–Crippen MR) is 82.1 cm³/mol. The van der Waals surface area contributed by atoms with Crippen molar-refractivity contribution in [3.05, 3.63) is 23.8 Å². The summed E-state index contributed by atoms with van der Waals surface area (Å²) < 4.78 is 12.0. The molecular weight excluding hydrogens is 290 g/mol. The maximum Gasteiger partial charge on any atom is 0.337 e. The fourth-order valence-corrected chi connectivity index (χ4v) is 4.33. The van der Waals surface area contributed by atoms with Crippen LogP contribution in [0, 0.1) is 0 Å². The minimum Gasteiger partial charge on any atom is -0.490 e. The number of thioether (sulfide) groups is 1. The first kappa shape index (κ1) is 14.5. The molecule has 0 aliphatic carbocycles. The summed E-state index contributed by atoms with van der Waals surface area (Å²) in [6, 6.07) is 4.76.